The van der Waals surface area contributed by atoms with Crippen LogP contribution in [0.2, 0.25) is 0 Å². The van der Waals surface area contributed by atoms with Crippen molar-refractivity contribution in [3.8, 4) is 11.4 Å². The zero-order valence-electron chi connectivity index (χ0n) is 13.9. The third kappa shape index (κ3) is 3.81. The third-order valence-electron chi connectivity index (χ3n) is 3.79. The first-order chi connectivity index (χ1) is 11.6. The molecule has 1 aromatic heterocycles. The van der Waals surface area contributed by atoms with Crippen LogP contribution < -0.4 is 4.90 Å². The van der Waals surface area contributed by atoms with E-state index in [1.807, 2.05) is 66.4 Å². The molecular weight excluding hydrogens is 302 g/mol. The molecule has 3 rings (SSSR count). The fraction of sp³-hybridized carbons (Fsp3) is 0.263. The van der Waals surface area contributed by atoms with E-state index in [1.54, 1.807) is 6.92 Å². The second kappa shape index (κ2) is 7.27. The molecular formula is C19H21N3O2. The molecule has 0 aliphatic carbocycles. The van der Waals surface area contributed by atoms with Gasteiger partial charge in [0.25, 0.3) is 0 Å². The first kappa shape index (κ1) is 16.2. The average Bonchev–Trinajstić information content (AvgIpc) is 3.03. The summed E-state index contributed by atoms with van der Waals surface area (Å²) in [5.41, 5.74) is 3.08. The summed E-state index contributed by atoms with van der Waals surface area (Å²) >= 11 is 0. The van der Waals surface area contributed by atoms with E-state index in [4.69, 9.17) is 4.52 Å². The number of hydrogen-bond acceptors (Lipinski definition) is 5. The Balaban J connectivity index is 1.82. The summed E-state index contributed by atoms with van der Waals surface area (Å²) in [6, 6.07) is 17.9. The summed E-state index contributed by atoms with van der Waals surface area (Å²) < 4.78 is 5.42. The van der Waals surface area contributed by atoms with Crippen molar-refractivity contribution < 1.29 is 9.63 Å². The van der Waals surface area contributed by atoms with Crippen molar-refractivity contribution >= 4 is 5.69 Å². The highest BCUT2D eigenvalue weighted by molar-refractivity contribution is 5.59. The number of rotatable bonds is 6. The van der Waals surface area contributed by atoms with Gasteiger partial charge < -0.3 is 14.5 Å². The van der Waals surface area contributed by atoms with Gasteiger partial charge in [-0.05, 0) is 31.5 Å². The lowest BCUT2D eigenvalue weighted by Gasteiger charge is -2.24. The van der Waals surface area contributed by atoms with Gasteiger partial charge in [0.2, 0.25) is 11.7 Å². The normalized spacial score (nSPS) is 12.1. The summed E-state index contributed by atoms with van der Waals surface area (Å²) in [5.74, 6) is 1.12. The SMILES string of the molecule is Cc1ccccc1-c1noc(CN(CC(C)O)c2ccccc2)n1. The van der Waals surface area contributed by atoms with Crippen molar-refractivity contribution in [2.24, 2.45) is 0 Å². The zero-order chi connectivity index (χ0) is 16.9. The van der Waals surface area contributed by atoms with Crippen LogP contribution in [0, 0.1) is 6.92 Å². The molecule has 1 heterocycles. The molecule has 1 N–H and O–H groups in total. The first-order valence-corrected chi connectivity index (χ1v) is 8.00. The minimum atomic E-state index is -0.455. The summed E-state index contributed by atoms with van der Waals surface area (Å²) in [5, 5.41) is 13.9. The lowest BCUT2D eigenvalue weighted by Crippen LogP contribution is -2.30. The number of aryl methyl sites for hydroxylation is 1. The molecule has 124 valence electrons. The maximum absolute atomic E-state index is 9.77. The van der Waals surface area contributed by atoms with Crippen LogP contribution in [-0.2, 0) is 6.54 Å². The third-order valence-corrected chi connectivity index (χ3v) is 3.79. The van der Waals surface area contributed by atoms with Crippen molar-refractivity contribution in [3.63, 3.8) is 0 Å². The number of para-hydroxylation sites is 1. The van der Waals surface area contributed by atoms with Gasteiger partial charge in [-0.25, -0.2) is 0 Å². The van der Waals surface area contributed by atoms with Crippen molar-refractivity contribution in [3.05, 3.63) is 66.1 Å². The molecule has 0 aliphatic rings. The summed E-state index contributed by atoms with van der Waals surface area (Å²) in [6.07, 6.45) is -0.455. The molecule has 2 aromatic carbocycles. The van der Waals surface area contributed by atoms with Gasteiger partial charge in [-0.3, -0.25) is 0 Å². The van der Waals surface area contributed by atoms with Gasteiger partial charge in [-0.1, -0.05) is 47.6 Å². The summed E-state index contributed by atoms with van der Waals surface area (Å²) in [4.78, 5) is 6.54. The molecule has 5 heteroatoms. The van der Waals surface area contributed by atoms with E-state index in [2.05, 4.69) is 10.1 Å². The Morgan fingerprint density at radius 3 is 2.50 bits per heavy atom. The number of aliphatic hydroxyl groups excluding tert-OH is 1. The van der Waals surface area contributed by atoms with Gasteiger partial charge in [0.05, 0.1) is 12.6 Å². The van der Waals surface area contributed by atoms with Gasteiger partial charge in [0.15, 0.2) is 0 Å². The average molecular weight is 323 g/mol. The number of nitrogens with zero attached hydrogens (tertiary/aromatic N) is 3. The Morgan fingerprint density at radius 1 is 1.08 bits per heavy atom. The highest BCUT2D eigenvalue weighted by atomic mass is 16.5. The van der Waals surface area contributed by atoms with Crippen LogP contribution in [0.25, 0.3) is 11.4 Å². The van der Waals surface area contributed by atoms with E-state index in [1.165, 1.54) is 0 Å². The minimum Gasteiger partial charge on any atom is -0.392 e. The smallest absolute Gasteiger partial charge is 0.246 e. The van der Waals surface area contributed by atoms with Crippen LogP contribution in [0.3, 0.4) is 0 Å². The Labute approximate surface area is 141 Å². The van der Waals surface area contributed by atoms with Crippen LogP contribution in [0.5, 0.6) is 0 Å². The van der Waals surface area contributed by atoms with Crippen molar-refractivity contribution in [1.82, 2.24) is 10.1 Å². The molecule has 1 unspecified atom stereocenters. The van der Waals surface area contributed by atoms with Gasteiger partial charge in [-0.15, -0.1) is 0 Å². The molecule has 0 saturated heterocycles. The maximum Gasteiger partial charge on any atom is 0.246 e. The highest BCUT2D eigenvalue weighted by Gasteiger charge is 2.16. The predicted octanol–water partition coefficient (Wildman–Crippen LogP) is 3.43. The Bertz CT molecular complexity index is 784. The monoisotopic (exact) mass is 323 g/mol. The Hall–Kier alpha value is -2.66. The highest BCUT2D eigenvalue weighted by Crippen LogP contribution is 2.21. The van der Waals surface area contributed by atoms with Crippen LogP contribution >= 0.6 is 0 Å². The standard InChI is InChI=1S/C19H21N3O2/c1-14-8-6-7-11-17(14)19-20-18(24-21-19)13-22(12-15(2)23)16-9-4-3-5-10-16/h3-11,15,23H,12-13H2,1-2H3. The van der Waals surface area contributed by atoms with Crippen molar-refractivity contribution in [2.45, 2.75) is 26.5 Å². The molecule has 0 saturated carbocycles. The van der Waals surface area contributed by atoms with E-state index in [9.17, 15) is 5.11 Å². The van der Waals surface area contributed by atoms with Gasteiger partial charge >= 0.3 is 0 Å². The lowest BCUT2D eigenvalue weighted by molar-refractivity contribution is 0.198. The van der Waals surface area contributed by atoms with Crippen LogP contribution in [0.4, 0.5) is 5.69 Å². The number of anilines is 1. The van der Waals surface area contributed by atoms with Crippen LogP contribution in [0.1, 0.15) is 18.4 Å². The number of aromatic nitrogens is 2. The molecule has 0 spiro atoms. The number of benzene rings is 2. The van der Waals surface area contributed by atoms with Crippen molar-refractivity contribution in [1.29, 1.82) is 0 Å². The molecule has 0 amide bonds. The molecule has 0 aliphatic heterocycles. The molecule has 1 atom stereocenters. The Kier molecular flexibility index (Phi) is 4.91. The lowest BCUT2D eigenvalue weighted by atomic mass is 10.1. The summed E-state index contributed by atoms with van der Waals surface area (Å²) in [6.45, 7) is 4.73. The Morgan fingerprint density at radius 2 is 1.79 bits per heavy atom. The minimum absolute atomic E-state index is 0.452. The zero-order valence-corrected chi connectivity index (χ0v) is 13.9. The fourth-order valence-corrected chi connectivity index (χ4v) is 2.63. The maximum atomic E-state index is 9.77. The second-order valence-corrected chi connectivity index (χ2v) is 5.89. The van der Waals surface area contributed by atoms with Gasteiger partial charge in [0.1, 0.15) is 0 Å². The molecule has 0 bridgehead atoms. The number of aliphatic hydroxyl groups is 1. The van der Waals surface area contributed by atoms with E-state index in [0.717, 1.165) is 16.8 Å². The van der Waals surface area contributed by atoms with Crippen LogP contribution in [0.15, 0.2) is 59.1 Å². The predicted molar refractivity (Wildman–Crippen MR) is 93.6 cm³/mol. The number of hydrogen-bond donors (Lipinski definition) is 1. The topological polar surface area (TPSA) is 62.4 Å². The molecule has 5 nitrogen and oxygen atoms in total. The molecule has 3 aromatic rings. The first-order valence-electron chi connectivity index (χ1n) is 8.00. The van der Waals surface area contributed by atoms with E-state index < -0.39 is 6.10 Å². The second-order valence-electron chi connectivity index (χ2n) is 5.89. The van der Waals surface area contributed by atoms with Gasteiger partial charge in [-0.2, -0.15) is 4.98 Å². The van der Waals surface area contributed by atoms with Gasteiger partial charge in [0, 0.05) is 17.8 Å². The molecule has 0 radical (unpaired) electrons. The fourth-order valence-electron chi connectivity index (χ4n) is 2.63. The van der Waals surface area contributed by atoms with E-state index >= 15 is 0 Å². The quantitative estimate of drug-likeness (QED) is 0.753. The van der Waals surface area contributed by atoms with Crippen molar-refractivity contribution in [2.75, 3.05) is 11.4 Å². The molecule has 24 heavy (non-hydrogen) atoms. The van der Waals surface area contributed by atoms with E-state index in [-0.39, 0.29) is 0 Å². The largest absolute Gasteiger partial charge is 0.392 e. The molecule has 0 fully saturated rings. The van der Waals surface area contributed by atoms with E-state index in [0.29, 0.717) is 24.8 Å². The van der Waals surface area contributed by atoms with Crippen LogP contribution in [-0.4, -0.2) is 27.9 Å². The summed E-state index contributed by atoms with van der Waals surface area (Å²) in [7, 11) is 0.